The average Bonchev–Trinajstić information content (AvgIpc) is 2.95. The monoisotopic (exact) mass is 296 g/mol. The Morgan fingerprint density at radius 3 is 2.52 bits per heavy atom. The van der Waals surface area contributed by atoms with Gasteiger partial charge in [0.1, 0.15) is 5.82 Å². The van der Waals surface area contributed by atoms with E-state index < -0.39 is 0 Å². The zero-order valence-electron chi connectivity index (χ0n) is 10.9. The lowest BCUT2D eigenvalue weighted by Gasteiger charge is -1.99. The Bertz CT molecular complexity index is 826. The van der Waals surface area contributed by atoms with Gasteiger partial charge in [-0.1, -0.05) is 29.5 Å². The Morgan fingerprint density at radius 2 is 1.76 bits per heavy atom. The summed E-state index contributed by atoms with van der Waals surface area (Å²) in [4.78, 5) is 0. The standard InChI is InChI=1S/C17H10ClFN2/c18-15-3-1-2-13(10-15)4-5-14-11-20-21(12-14)17-8-6-16(19)7-9-17/h1-3,6-12H. The third-order valence-electron chi connectivity index (χ3n) is 2.85. The third kappa shape index (κ3) is 3.31. The minimum Gasteiger partial charge on any atom is -0.240 e. The van der Waals surface area contributed by atoms with Gasteiger partial charge in [-0.25, -0.2) is 9.07 Å². The number of hydrogen-bond acceptors (Lipinski definition) is 1. The fourth-order valence-electron chi connectivity index (χ4n) is 1.83. The molecule has 3 aromatic rings. The van der Waals surface area contributed by atoms with Gasteiger partial charge in [0, 0.05) is 16.8 Å². The van der Waals surface area contributed by atoms with Gasteiger partial charge < -0.3 is 0 Å². The largest absolute Gasteiger partial charge is 0.240 e. The molecule has 1 heterocycles. The van der Waals surface area contributed by atoms with E-state index in [1.54, 1.807) is 41.3 Å². The molecule has 0 radical (unpaired) electrons. The van der Waals surface area contributed by atoms with E-state index in [1.807, 2.05) is 12.1 Å². The number of halogens is 2. The predicted octanol–water partition coefficient (Wildman–Crippen LogP) is 4.06. The van der Waals surface area contributed by atoms with Crippen LogP contribution in [-0.2, 0) is 0 Å². The number of hydrogen-bond donors (Lipinski definition) is 0. The molecule has 0 atom stereocenters. The Morgan fingerprint density at radius 1 is 1.00 bits per heavy atom. The summed E-state index contributed by atoms with van der Waals surface area (Å²) < 4.78 is 14.5. The molecule has 0 amide bonds. The van der Waals surface area contributed by atoms with E-state index in [1.165, 1.54) is 12.1 Å². The second kappa shape index (κ2) is 5.82. The smallest absolute Gasteiger partial charge is 0.123 e. The average molecular weight is 297 g/mol. The van der Waals surface area contributed by atoms with E-state index in [0.717, 1.165) is 16.8 Å². The first-order valence-electron chi connectivity index (χ1n) is 6.29. The molecule has 0 aliphatic carbocycles. The van der Waals surface area contributed by atoms with Gasteiger partial charge in [-0.05, 0) is 42.5 Å². The van der Waals surface area contributed by atoms with Crippen LogP contribution >= 0.6 is 11.6 Å². The van der Waals surface area contributed by atoms with Crippen LogP contribution in [0.3, 0.4) is 0 Å². The minimum absolute atomic E-state index is 0.271. The molecule has 0 aliphatic rings. The fraction of sp³-hybridized carbons (Fsp3) is 0. The van der Waals surface area contributed by atoms with Crippen molar-refractivity contribution in [3.8, 4) is 17.5 Å². The highest BCUT2D eigenvalue weighted by Crippen LogP contribution is 2.11. The van der Waals surface area contributed by atoms with Gasteiger partial charge >= 0.3 is 0 Å². The van der Waals surface area contributed by atoms with Crippen LogP contribution in [0.5, 0.6) is 0 Å². The van der Waals surface area contributed by atoms with Gasteiger partial charge in [0.2, 0.25) is 0 Å². The lowest BCUT2D eigenvalue weighted by molar-refractivity contribution is 0.627. The van der Waals surface area contributed by atoms with Crippen LogP contribution in [-0.4, -0.2) is 9.78 Å². The summed E-state index contributed by atoms with van der Waals surface area (Å²) in [5, 5.41) is 4.87. The number of rotatable bonds is 1. The zero-order chi connectivity index (χ0) is 14.7. The first-order valence-corrected chi connectivity index (χ1v) is 6.67. The Kier molecular flexibility index (Phi) is 3.72. The number of aromatic nitrogens is 2. The molecule has 3 rings (SSSR count). The minimum atomic E-state index is -0.271. The number of nitrogens with zero attached hydrogens (tertiary/aromatic N) is 2. The van der Waals surface area contributed by atoms with E-state index in [9.17, 15) is 4.39 Å². The maximum absolute atomic E-state index is 12.9. The van der Waals surface area contributed by atoms with Crippen LogP contribution in [0.15, 0.2) is 60.9 Å². The predicted molar refractivity (Wildman–Crippen MR) is 81.0 cm³/mol. The fourth-order valence-corrected chi connectivity index (χ4v) is 2.02. The highest BCUT2D eigenvalue weighted by Gasteiger charge is 1.99. The molecule has 0 saturated carbocycles. The lowest BCUT2D eigenvalue weighted by Crippen LogP contribution is -1.93. The molecule has 0 spiro atoms. The lowest BCUT2D eigenvalue weighted by atomic mass is 10.2. The van der Waals surface area contributed by atoms with Crippen LogP contribution in [0.1, 0.15) is 11.1 Å². The van der Waals surface area contributed by atoms with Crippen molar-refractivity contribution in [3.05, 3.63) is 82.9 Å². The van der Waals surface area contributed by atoms with E-state index in [2.05, 4.69) is 16.9 Å². The van der Waals surface area contributed by atoms with Crippen molar-refractivity contribution in [2.24, 2.45) is 0 Å². The molecule has 2 aromatic carbocycles. The van der Waals surface area contributed by atoms with Crippen molar-refractivity contribution >= 4 is 11.6 Å². The third-order valence-corrected chi connectivity index (χ3v) is 3.08. The first kappa shape index (κ1) is 13.4. The van der Waals surface area contributed by atoms with E-state index in [4.69, 9.17) is 11.6 Å². The highest BCUT2D eigenvalue weighted by atomic mass is 35.5. The molecule has 0 N–H and O–H groups in total. The molecule has 0 unspecified atom stereocenters. The van der Waals surface area contributed by atoms with Gasteiger partial charge in [0.15, 0.2) is 0 Å². The number of benzene rings is 2. The van der Waals surface area contributed by atoms with Crippen LogP contribution < -0.4 is 0 Å². The van der Waals surface area contributed by atoms with E-state index in [0.29, 0.717) is 5.02 Å². The second-order valence-electron chi connectivity index (χ2n) is 4.41. The van der Waals surface area contributed by atoms with E-state index >= 15 is 0 Å². The molecule has 4 heteroatoms. The van der Waals surface area contributed by atoms with E-state index in [-0.39, 0.29) is 5.82 Å². The van der Waals surface area contributed by atoms with Crippen molar-refractivity contribution in [1.29, 1.82) is 0 Å². The molecule has 1 aromatic heterocycles. The Balaban J connectivity index is 1.84. The molecule has 102 valence electrons. The van der Waals surface area contributed by atoms with Gasteiger partial charge in [0.25, 0.3) is 0 Å². The molecule has 21 heavy (non-hydrogen) atoms. The molecular weight excluding hydrogens is 287 g/mol. The summed E-state index contributed by atoms with van der Waals surface area (Å²) in [5.74, 6) is 5.78. The van der Waals surface area contributed by atoms with Crippen molar-refractivity contribution in [2.45, 2.75) is 0 Å². The quantitative estimate of drug-likeness (QED) is 0.619. The van der Waals surface area contributed by atoms with Crippen molar-refractivity contribution < 1.29 is 4.39 Å². The second-order valence-corrected chi connectivity index (χ2v) is 4.85. The molecule has 2 nitrogen and oxygen atoms in total. The molecule has 0 aliphatic heterocycles. The normalized spacial score (nSPS) is 10.0. The maximum atomic E-state index is 12.9. The van der Waals surface area contributed by atoms with Crippen molar-refractivity contribution in [2.75, 3.05) is 0 Å². The van der Waals surface area contributed by atoms with Gasteiger partial charge in [0.05, 0.1) is 17.4 Å². The summed E-state index contributed by atoms with van der Waals surface area (Å²) in [5.41, 5.74) is 2.41. The summed E-state index contributed by atoms with van der Waals surface area (Å²) in [6, 6.07) is 13.5. The van der Waals surface area contributed by atoms with Gasteiger partial charge in [-0.2, -0.15) is 5.10 Å². The summed E-state index contributed by atoms with van der Waals surface area (Å²) in [7, 11) is 0. The van der Waals surface area contributed by atoms with Gasteiger partial charge in [-0.3, -0.25) is 0 Å². The van der Waals surface area contributed by atoms with Crippen LogP contribution in [0.25, 0.3) is 5.69 Å². The Hall–Kier alpha value is -2.57. The van der Waals surface area contributed by atoms with Crippen LogP contribution in [0, 0.1) is 17.7 Å². The van der Waals surface area contributed by atoms with Gasteiger partial charge in [-0.15, -0.1) is 0 Å². The summed E-state index contributed by atoms with van der Waals surface area (Å²) >= 11 is 5.91. The maximum Gasteiger partial charge on any atom is 0.123 e. The van der Waals surface area contributed by atoms with Crippen LogP contribution in [0.4, 0.5) is 4.39 Å². The summed E-state index contributed by atoms with van der Waals surface area (Å²) in [6.45, 7) is 0. The molecular formula is C17H10ClFN2. The molecule has 0 fully saturated rings. The molecule has 0 saturated heterocycles. The Labute approximate surface area is 126 Å². The summed E-state index contributed by atoms with van der Waals surface area (Å²) in [6.07, 6.45) is 3.46. The van der Waals surface area contributed by atoms with Crippen molar-refractivity contribution in [3.63, 3.8) is 0 Å². The van der Waals surface area contributed by atoms with Crippen molar-refractivity contribution in [1.82, 2.24) is 9.78 Å². The topological polar surface area (TPSA) is 17.8 Å². The SMILES string of the molecule is Fc1ccc(-n2cc(C#Cc3cccc(Cl)c3)cn2)cc1. The first-order chi connectivity index (χ1) is 10.2. The zero-order valence-corrected chi connectivity index (χ0v) is 11.7. The highest BCUT2D eigenvalue weighted by molar-refractivity contribution is 6.30. The van der Waals surface area contributed by atoms with Crippen LogP contribution in [0.2, 0.25) is 5.02 Å². The molecule has 0 bridgehead atoms.